The SMILES string of the molecule is COc1ccc(CNC(=O)N2CCc3nn(CC4CC4)c(=O)n3CC2)cc1. The monoisotopic (exact) mass is 371 g/mol. The van der Waals surface area contributed by atoms with E-state index in [0.717, 1.165) is 23.7 Å². The van der Waals surface area contributed by atoms with E-state index in [-0.39, 0.29) is 11.7 Å². The van der Waals surface area contributed by atoms with Crippen molar-refractivity contribution in [3.63, 3.8) is 0 Å². The highest BCUT2D eigenvalue weighted by molar-refractivity contribution is 5.74. The lowest BCUT2D eigenvalue weighted by Gasteiger charge is -2.20. The van der Waals surface area contributed by atoms with Gasteiger partial charge >= 0.3 is 11.7 Å². The summed E-state index contributed by atoms with van der Waals surface area (Å²) >= 11 is 0. The number of rotatable bonds is 5. The minimum atomic E-state index is -0.116. The molecule has 1 saturated carbocycles. The van der Waals surface area contributed by atoms with Crippen molar-refractivity contribution < 1.29 is 9.53 Å². The number of urea groups is 1. The van der Waals surface area contributed by atoms with Gasteiger partial charge in [0.15, 0.2) is 0 Å². The van der Waals surface area contributed by atoms with Gasteiger partial charge in [-0.15, -0.1) is 0 Å². The van der Waals surface area contributed by atoms with Crippen LogP contribution in [-0.4, -0.2) is 45.5 Å². The van der Waals surface area contributed by atoms with Gasteiger partial charge in [0.25, 0.3) is 0 Å². The highest BCUT2D eigenvalue weighted by Gasteiger charge is 2.26. The number of carbonyl (C=O) groups is 1. The van der Waals surface area contributed by atoms with Crippen molar-refractivity contribution in [2.45, 2.75) is 38.9 Å². The Balaban J connectivity index is 1.33. The van der Waals surface area contributed by atoms with Crippen molar-refractivity contribution in [1.82, 2.24) is 24.6 Å². The van der Waals surface area contributed by atoms with E-state index in [1.807, 2.05) is 24.3 Å². The topological polar surface area (TPSA) is 81.4 Å². The van der Waals surface area contributed by atoms with Crippen LogP contribution >= 0.6 is 0 Å². The second-order valence-corrected chi connectivity index (χ2v) is 7.22. The molecule has 0 atom stereocenters. The van der Waals surface area contributed by atoms with E-state index in [9.17, 15) is 9.59 Å². The molecule has 0 bridgehead atoms. The number of nitrogens with zero attached hydrogens (tertiary/aromatic N) is 4. The summed E-state index contributed by atoms with van der Waals surface area (Å²) in [7, 11) is 1.63. The fourth-order valence-electron chi connectivity index (χ4n) is 3.36. The van der Waals surface area contributed by atoms with Crippen molar-refractivity contribution in [2.75, 3.05) is 20.2 Å². The highest BCUT2D eigenvalue weighted by Crippen LogP contribution is 2.29. The van der Waals surface area contributed by atoms with Crippen LogP contribution in [0.4, 0.5) is 4.79 Å². The van der Waals surface area contributed by atoms with Crippen molar-refractivity contribution in [3.8, 4) is 5.75 Å². The molecule has 1 aromatic heterocycles. The number of methoxy groups -OCH3 is 1. The molecule has 2 aliphatic rings. The molecule has 27 heavy (non-hydrogen) atoms. The first-order valence-electron chi connectivity index (χ1n) is 9.46. The largest absolute Gasteiger partial charge is 0.497 e. The first-order valence-corrected chi connectivity index (χ1v) is 9.46. The lowest BCUT2D eigenvalue weighted by Crippen LogP contribution is -2.41. The third-order valence-corrected chi connectivity index (χ3v) is 5.22. The molecule has 4 rings (SSSR count). The van der Waals surface area contributed by atoms with Crippen LogP contribution in [0.5, 0.6) is 5.75 Å². The summed E-state index contributed by atoms with van der Waals surface area (Å²) < 4.78 is 8.46. The predicted molar refractivity (Wildman–Crippen MR) is 99.7 cm³/mol. The molecule has 0 saturated heterocycles. The number of ether oxygens (including phenoxy) is 1. The average Bonchev–Trinajstić information content (AvgIpc) is 3.48. The van der Waals surface area contributed by atoms with Crippen LogP contribution in [0.25, 0.3) is 0 Å². The molecule has 2 heterocycles. The lowest BCUT2D eigenvalue weighted by molar-refractivity contribution is 0.198. The quantitative estimate of drug-likeness (QED) is 0.857. The molecule has 1 N–H and O–H groups in total. The van der Waals surface area contributed by atoms with Crippen molar-refractivity contribution in [3.05, 3.63) is 46.1 Å². The molecule has 1 aliphatic carbocycles. The van der Waals surface area contributed by atoms with Gasteiger partial charge in [-0.1, -0.05) is 12.1 Å². The summed E-state index contributed by atoms with van der Waals surface area (Å²) in [6.45, 7) is 2.75. The summed E-state index contributed by atoms with van der Waals surface area (Å²) in [6.07, 6.45) is 2.98. The Morgan fingerprint density at radius 1 is 1.22 bits per heavy atom. The van der Waals surface area contributed by atoms with Gasteiger partial charge in [0.2, 0.25) is 0 Å². The first kappa shape index (κ1) is 17.6. The van der Waals surface area contributed by atoms with E-state index >= 15 is 0 Å². The van der Waals surface area contributed by atoms with Crippen LogP contribution < -0.4 is 15.7 Å². The van der Waals surface area contributed by atoms with Crippen molar-refractivity contribution in [2.24, 2.45) is 5.92 Å². The average molecular weight is 371 g/mol. The molecule has 1 aliphatic heterocycles. The Labute approximate surface area is 157 Å². The van der Waals surface area contributed by atoms with Crippen LogP contribution in [0.3, 0.4) is 0 Å². The smallest absolute Gasteiger partial charge is 0.345 e. The molecular weight excluding hydrogens is 346 g/mol. The molecule has 144 valence electrons. The van der Waals surface area contributed by atoms with E-state index in [4.69, 9.17) is 4.74 Å². The Morgan fingerprint density at radius 3 is 2.70 bits per heavy atom. The van der Waals surface area contributed by atoms with Gasteiger partial charge in [-0.25, -0.2) is 14.3 Å². The minimum Gasteiger partial charge on any atom is -0.497 e. The van der Waals surface area contributed by atoms with E-state index in [1.165, 1.54) is 12.8 Å². The number of nitrogens with one attached hydrogen (secondary N) is 1. The van der Waals surface area contributed by atoms with Crippen LogP contribution in [-0.2, 0) is 26.1 Å². The summed E-state index contributed by atoms with van der Waals surface area (Å²) in [5.41, 5.74) is 0.965. The molecule has 0 unspecified atom stereocenters. The van der Waals surface area contributed by atoms with E-state index in [1.54, 1.807) is 21.3 Å². The van der Waals surface area contributed by atoms with Crippen molar-refractivity contribution in [1.29, 1.82) is 0 Å². The summed E-state index contributed by atoms with van der Waals surface area (Å²) in [6, 6.07) is 7.49. The number of amides is 2. The zero-order valence-electron chi connectivity index (χ0n) is 15.6. The van der Waals surface area contributed by atoms with Crippen LogP contribution in [0.1, 0.15) is 24.2 Å². The van der Waals surface area contributed by atoms with Crippen LogP contribution in [0.2, 0.25) is 0 Å². The summed E-state index contributed by atoms with van der Waals surface area (Å²) in [5, 5.41) is 7.44. The standard InChI is InChI=1S/C19H25N5O3/c1-27-16-6-4-14(5-7-16)12-20-18(25)22-9-8-17-21-24(13-15-2-3-15)19(26)23(17)11-10-22/h4-7,15H,2-3,8-13H2,1H3,(H,20,25). The maximum Gasteiger partial charge on any atom is 0.345 e. The predicted octanol–water partition coefficient (Wildman–Crippen LogP) is 1.23. The number of benzene rings is 1. The minimum absolute atomic E-state index is 0.0441. The van der Waals surface area contributed by atoms with Gasteiger partial charge in [0.05, 0.1) is 7.11 Å². The Morgan fingerprint density at radius 2 is 2.00 bits per heavy atom. The zero-order valence-corrected chi connectivity index (χ0v) is 15.6. The molecule has 2 aromatic rings. The third-order valence-electron chi connectivity index (χ3n) is 5.22. The molecular formula is C19H25N5O3. The lowest BCUT2D eigenvalue weighted by atomic mass is 10.2. The van der Waals surface area contributed by atoms with E-state index in [0.29, 0.717) is 38.5 Å². The Bertz CT molecular complexity index is 866. The van der Waals surface area contributed by atoms with Gasteiger partial charge in [0.1, 0.15) is 11.6 Å². The van der Waals surface area contributed by atoms with Gasteiger partial charge in [-0.2, -0.15) is 5.10 Å². The van der Waals surface area contributed by atoms with Crippen LogP contribution in [0, 0.1) is 5.92 Å². The molecule has 1 aromatic carbocycles. The Kier molecular flexibility index (Phi) is 4.87. The normalized spacial score (nSPS) is 16.6. The molecule has 8 nitrogen and oxygen atoms in total. The maximum atomic E-state index is 12.5. The fourth-order valence-corrected chi connectivity index (χ4v) is 3.36. The maximum absolute atomic E-state index is 12.5. The first-order chi connectivity index (χ1) is 13.1. The second kappa shape index (κ2) is 7.46. The number of hydrogen-bond donors (Lipinski definition) is 1. The number of fused-ring (bicyclic) bond motifs is 1. The number of carbonyl (C=O) groups excluding carboxylic acids is 1. The Hall–Kier alpha value is -2.77. The fraction of sp³-hybridized carbons (Fsp3) is 0.526. The van der Waals surface area contributed by atoms with Crippen LogP contribution in [0.15, 0.2) is 29.1 Å². The second-order valence-electron chi connectivity index (χ2n) is 7.22. The number of aromatic nitrogens is 3. The molecule has 1 fully saturated rings. The molecule has 0 spiro atoms. The van der Waals surface area contributed by atoms with Gasteiger partial charge in [-0.05, 0) is 36.5 Å². The van der Waals surface area contributed by atoms with Crippen molar-refractivity contribution >= 4 is 6.03 Å². The zero-order chi connectivity index (χ0) is 18.8. The molecule has 8 heteroatoms. The molecule has 0 radical (unpaired) electrons. The third kappa shape index (κ3) is 3.99. The van der Waals surface area contributed by atoms with Gasteiger partial charge < -0.3 is 15.0 Å². The van der Waals surface area contributed by atoms with E-state index < -0.39 is 0 Å². The summed E-state index contributed by atoms with van der Waals surface area (Å²) in [4.78, 5) is 26.8. The highest BCUT2D eigenvalue weighted by atomic mass is 16.5. The van der Waals surface area contributed by atoms with Gasteiger partial charge in [-0.3, -0.25) is 4.57 Å². The summed E-state index contributed by atoms with van der Waals surface area (Å²) in [5.74, 6) is 2.19. The number of hydrogen-bond acceptors (Lipinski definition) is 4. The van der Waals surface area contributed by atoms with Gasteiger partial charge in [0, 0.05) is 39.1 Å². The van der Waals surface area contributed by atoms with E-state index in [2.05, 4.69) is 10.4 Å². The molecule has 2 amide bonds.